The van der Waals surface area contributed by atoms with E-state index in [0.29, 0.717) is 12.2 Å². The molecule has 22 heavy (non-hydrogen) atoms. The van der Waals surface area contributed by atoms with Gasteiger partial charge in [-0.25, -0.2) is 0 Å². The normalized spacial score (nSPS) is 12.9. The number of carbonyl (C=O) groups is 2. The molecule has 5 nitrogen and oxygen atoms in total. The number of fused-ring (bicyclic) bond motifs is 1. The summed E-state index contributed by atoms with van der Waals surface area (Å²) in [6, 6.07) is 9.41. The Morgan fingerprint density at radius 1 is 1.27 bits per heavy atom. The van der Waals surface area contributed by atoms with E-state index in [-0.39, 0.29) is 18.2 Å². The molecule has 2 aromatic rings. The lowest BCUT2D eigenvalue weighted by Crippen LogP contribution is -2.27. The molecular formula is C17H17N3O2. The predicted molar refractivity (Wildman–Crippen MR) is 84.7 cm³/mol. The highest BCUT2D eigenvalue weighted by molar-refractivity contribution is 6.02. The topological polar surface area (TPSA) is 62.3 Å². The molecule has 2 heterocycles. The van der Waals surface area contributed by atoms with Gasteiger partial charge in [-0.1, -0.05) is 18.2 Å². The number of anilines is 2. The highest BCUT2D eigenvalue weighted by Gasteiger charge is 2.25. The van der Waals surface area contributed by atoms with Gasteiger partial charge in [0.1, 0.15) is 0 Å². The SMILES string of the molecule is CC(=O)N1CCc2cccc(NC(=O)Cc3cccnc3)c21. The van der Waals surface area contributed by atoms with E-state index in [1.807, 2.05) is 24.3 Å². The minimum absolute atomic E-state index is 0.00675. The summed E-state index contributed by atoms with van der Waals surface area (Å²) in [6.45, 7) is 2.21. The maximum Gasteiger partial charge on any atom is 0.228 e. The van der Waals surface area contributed by atoms with E-state index in [1.54, 1.807) is 30.3 Å². The van der Waals surface area contributed by atoms with Crippen molar-refractivity contribution in [3.63, 3.8) is 0 Å². The lowest BCUT2D eigenvalue weighted by molar-refractivity contribution is -0.117. The van der Waals surface area contributed by atoms with Crippen LogP contribution in [0.15, 0.2) is 42.7 Å². The Hall–Kier alpha value is -2.69. The number of pyridine rings is 1. The third-order valence-corrected chi connectivity index (χ3v) is 3.74. The minimum atomic E-state index is -0.114. The summed E-state index contributed by atoms with van der Waals surface area (Å²) in [5, 5.41) is 2.92. The Morgan fingerprint density at radius 3 is 2.86 bits per heavy atom. The Morgan fingerprint density at radius 2 is 2.14 bits per heavy atom. The first-order valence-electron chi connectivity index (χ1n) is 7.24. The lowest BCUT2D eigenvalue weighted by Gasteiger charge is -2.19. The molecule has 112 valence electrons. The molecule has 0 radical (unpaired) electrons. The lowest BCUT2D eigenvalue weighted by atomic mass is 10.1. The molecule has 1 N–H and O–H groups in total. The average Bonchev–Trinajstić information content (AvgIpc) is 2.93. The van der Waals surface area contributed by atoms with Crippen molar-refractivity contribution >= 4 is 23.2 Å². The van der Waals surface area contributed by atoms with Crippen molar-refractivity contribution in [3.8, 4) is 0 Å². The van der Waals surface area contributed by atoms with Gasteiger partial charge in [-0.15, -0.1) is 0 Å². The Balaban J connectivity index is 1.80. The third kappa shape index (κ3) is 2.83. The number of carbonyl (C=O) groups excluding carboxylic acids is 2. The molecule has 0 fully saturated rings. The van der Waals surface area contributed by atoms with E-state index in [1.165, 1.54) is 0 Å². The van der Waals surface area contributed by atoms with Crippen LogP contribution in [0.3, 0.4) is 0 Å². The van der Waals surface area contributed by atoms with Gasteiger partial charge in [0.2, 0.25) is 11.8 Å². The van der Waals surface area contributed by atoms with Crippen LogP contribution in [0.4, 0.5) is 11.4 Å². The van der Waals surface area contributed by atoms with Crippen LogP contribution in [0.1, 0.15) is 18.1 Å². The maximum atomic E-state index is 12.2. The zero-order valence-corrected chi connectivity index (χ0v) is 12.4. The number of rotatable bonds is 3. The fraction of sp³-hybridized carbons (Fsp3) is 0.235. The average molecular weight is 295 g/mol. The Labute approximate surface area is 129 Å². The van der Waals surface area contributed by atoms with Crippen molar-refractivity contribution in [3.05, 3.63) is 53.9 Å². The largest absolute Gasteiger partial charge is 0.324 e. The van der Waals surface area contributed by atoms with Gasteiger partial charge >= 0.3 is 0 Å². The van der Waals surface area contributed by atoms with Crippen molar-refractivity contribution < 1.29 is 9.59 Å². The van der Waals surface area contributed by atoms with Crippen molar-refractivity contribution in [2.45, 2.75) is 19.8 Å². The Kier molecular flexibility index (Phi) is 3.87. The molecule has 0 saturated heterocycles. The summed E-state index contributed by atoms with van der Waals surface area (Å²) in [4.78, 5) is 29.7. The Bertz CT molecular complexity index is 713. The molecule has 0 saturated carbocycles. The van der Waals surface area contributed by atoms with Crippen LogP contribution in [0.25, 0.3) is 0 Å². The summed E-state index contributed by atoms with van der Waals surface area (Å²) < 4.78 is 0. The second-order valence-electron chi connectivity index (χ2n) is 5.32. The summed E-state index contributed by atoms with van der Waals surface area (Å²) in [6.07, 6.45) is 4.44. The summed E-state index contributed by atoms with van der Waals surface area (Å²) in [5.41, 5.74) is 3.47. The minimum Gasteiger partial charge on any atom is -0.324 e. The second-order valence-corrected chi connectivity index (χ2v) is 5.32. The van der Waals surface area contributed by atoms with Crippen molar-refractivity contribution in [1.82, 2.24) is 4.98 Å². The van der Waals surface area contributed by atoms with Crippen molar-refractivity contribution in [1.29, 1.82) is 0 Å². The zero-order chi connectivity index (χ0) is 15.5. The number of benzene rings is 1. The molecule has 0 atom stereocenters. The van der Waals surface area contributed by atoms with Crippen LogP contribution in [0.5, 0.6) is 0 Å². The van der Waals surface area contributed by atoms with Crippen molar-refractivity contribution in [2.75, 3.05) is 16.8 Å². The van der Waals surface area contributed by atoms with Gasteiger partial charge in [0.05, 0.1) is 17.8 Å². The number of aromatic nitrogens is 1. The van der Waals surface area contributed by atoms with Gasteiger partial charge in [-0.05, 0) is 29.7 Å². The standard InChI is InChI=1S/C17H17N3O2/c1-12(21)20-9-7-14-5-2-6-15(17(14)20)19-16(22)10-13-4-3-8-18-11-13/h2-6,8,11H,7,9-10H2,1H3,(H,19,22). The molecule has 1 aromatic carbocycles. The molecule has 1 aromatic heterocycles. The van der Waals surface area contributed by atoms with Crippen LogP contribution in [0, 0.1) is 0 Å². The van der Waals surface area contributed by atoms with Crippen LogP contribution >= 0.6 is 0 Å². The van der Waals surface area contributed by atoms with Gasteiger partial charge in [0, 0.05) is 25.9 Å². The number of amides is 2. The van der Waals surface area contributed by atoms with Crippen LogP contribution < -0.4 is 10.2 Å². The zero-order valence-electron chi connectivity index (χ0n) is 12.4. The second kappa shape index (κ2) is 5.97. The maximum absolute atomic E-state index is 12.2. The number of nitrogens with one attached hydrogen (secondary N) is 1. The molecule has 0 spiro atoms. The fourth-order valence-electron chi connectivity index (χ4n) is 2.75. The van der Waals surface area contributed by atoms with Crippen LogP contribution in [-0.4, -0.2) is 23.3 Å². The van der Waals surface area contributed by atoms with Gasteiger partial charge in [-0.2, -0.15) is 0 Å². The van der Waals surface area contributed by atoms with Gasteiger partial charge in [0.25, 0.3) is 0 Å². The molecule has 0 unspecified atom stereocenters. The number of hydrogen-bond acceptors (Lipinski definition) is 3. The summed E-state index contributed by atoms with van der Waals surface area (Å²) in [5.74, 6) is -0.121. The van der Waals surface area contributed by atoms with E-state index in [2.05, 4.69) is 10.3 Å². The van der Waals surface area contributed by atoms with Crippen LogP contribution in [-0.2, 0) is 22.4 Å². The third-order valence-electron chi connectivity index (χ3n) is 3.74. The van der Waals surface area contributed by atoms with E-state index in [9.17, 15) is 9.59 Å². The number of hydrogen-bond donors (Lipinski definition) is 1. The summed E-state index contributed by atoms with van der Waals surface area (Å²) in [7, 11) is 0. The molecule has 0 bridgehead atoms. The van der Waals surface area contributed by atoms with E-state index < -0.39 is 0 Å². The molecule has 1 aliphatic rings. The van der Waals surface area contributed by atoms with E-state index in [0.717, 1.165) is 23.2 Å². The summed E-state index contributed by atoms with van der Waals surface area (Å²) >= 11 is 0. The molecular weight excluding hydrogens is 278 g/mol. The first-order chi connectivity index (χ1) is 10.6. The molecule has 0 aliphatic carbocycles. The van der Waals surface area contributed by atoms with Crippen molar-refractivity contribution in [2.24, 2.45) is 0 Å². The predicted octanol–water partition coefficient (Wildman–Crippen LogP) is 2.17. The fourth-order valence-corrected chi connectivity index (χ4v) is 2.75. The first-order valence-corrected chi connectivity index (χ1v) is 7.24. The smallest absolute Gasteiger partial charge is 0.228 e. The monoisotopic (exact) mass is 295 g/mol. The molecule has 1 aliphatic heterocycles. The van der Waals surface area contributed by atoms with Gasteiger partial charge < -0.3 is 10.2 Å². The van der Waals surface area contributed by atoms with E-state index in [4.69, 9.17) is 0 Å². The first kappa shape index (κ1) is 14.3. The van der Waals surface area contributed by atoms with Crippen LogP contribution in [0.2, 0.25) is 0 Å². The van der Waals surface area contributed by atoms with E-state index >= 15 is 0 Å². The number of para-hydroxylation sites is 1. The quantitative estimate of drug-likeness (QED) is 0.944. The highest BCUT2D eigenvalue weighted by Crippen LogP contribution is 2.35. The van der Waals surface area contributed by atoms with Gasteiger partial charge in [-0.3, -0.25) is 14.6 Å². The molecule has 3 rings (SSSR count). The number of nitrogens with zero attached hydrogens (tertiary/aromatic N) is 2. The van der Waals surface area contributed by atoms with Gasteiger partial charge in [0.15, 0.2) is 0 Å². The molecule has 2 amide bonds. The highest BCUT2D eigenvalue weighted by atomic mass is 16.2. The molecule has 5 heteroatoms.